The minimum Gasteiger partial charge on any atom is -0.459 e. The van der Waals surface area contributed by atoms with Crippen molar-refractivity contribution in [2.24, 2.45) is 0 Å². The summed E-state index contributed by atoms with van der Waals surface area (Å²) in [6, 6.07) is 11.3. The van der Waals surface area contributed by atoms with Gasteiger partial charge < -0.3 is 15.1 Å². The van der Waals surface area contributed by atoms with Gasteiger partial charge in [0.1, 0.15) is 0 Å². The van der Waals surface area contributed by atoms with Crippen molar-refractivity contribution in [1.29, 1.82) is 0 Å². The van der Waals surface area contributed by atoms with Gasteiger partial charge in [-0.15, -0.1) is 0 Å². The molecule has 0 radical (unpaired) electrons. The average molecular weight is 256 g/mol. The Morgan fingerprint density at radius 3 is 2.95 bits per heavy atom. The Labute approximate surface area is 111 Å². The molecule has 1 fully saturated rings. The van der Waals surface area contributed by atoms with Crippen LogP contribution in [0.15, 0.2) is 47.1 Å². The Balaban J connectivity index is 1.88. The van der Waals surface area contributed by atoms with E-state index in [2.05, 4.69) is 0 Å². The summed E-state index contributed by atoms with van der Waals surface area (Å²) < 4.78 is 5.20. The van der Waals surface area contributed by atoms with Gasteiger partial charge in [-0.2, -0.15) is 0 Å². The first kappa shape index (κ1) is 11.8. The third kappa shape index (κ3) is 2.21. The summed E-state index contributed by atoms with van der Waals surface area (Å²) in [5.74, 6) is 0.353. The summed E-state index contributed by atoms with van der Waals surface area (Å²) in [5.41, 5.74) is 7.65. The number of hydrogen-bond acceptors (Lipinski definition) is 3. The van der Waals surface area contributed by atoms with Crippen LogP contribution < -0.4 is 5.73 Å². The number of amides is 1. The highest BCUT2D eigenvalue weighted by molar-refractivity contribution is 5.92. The molecule has 0 aliphatic carbocycles. The lowest BCUT2D eigenvalue weighted by Crippen LogP contribution is -2.30. The SMILES string of the molecule is Nc1cccc(C2CCCN2C(=O)c2ccco2)c1. The van der Waals surface area contributed by atoms with E-state index in [4.69, 9.17) is 10.2 Å². The number of rotatable bonds is 2. The smallest absolute Gasteiger partial charge is 0.290 e. The molecule has 2 N–H and O–H groups in total. The van der Waals surface area contributed by atoms with Crippen molar-refractivity contribution in [3.05, 3.63) is 54.0 Å². The number of likely N-dealkylation sites (tertiary alicyclic amines) is 1. The van der Waals surface area contributed by atoms with Crippen molar-refractivity contribution >= 4 is 11.6 Å². The molecule has 98 valence electrons. The molecular formula is C15H16N2O2. The number of furan rings is 1. The number of carbonyl (C=O) groups is 1. The van der Waals surface area contributed by atoms with Gasteiger partial charge >= 0.3 is 0 Å². The van der Waals surface area contributed by atoms with E-state index in [0.29, 0.717) is 5.76 Å². The normalized spacial score (nSPS) is 18.7. The van der Waals surface area contributed by atoms with Crippen molar-refractivity contribution in [1.82, 2.24) is 4.90 Å². The summed E-state index contributed by atoms with van der Waals surface area (Å²) in [7, 11) is 0. The summed E-state index contributed by atoms with van der Waals surface area (Å²) in [6.07, 6.45) is 3.50. The molecule has 4 heteroatoms. The van der Waals surface area contributed by atoms with Gasteiger partial charge in [0.25, 0.3) is 5.91 Å². The van der Waals surface area contributed by atoms with Crippen molar-refractivity contribution in [3.63, 3.8) is 0 Å². The lowest BCUT2D eigenvalue weighted by molar-refractivity contribution is 0.0703. The highest BCUT2D eigenvalue weighted by atomic mass is 16.3. The second kappa shape index (κ2) is 4.80. The lowest BCUT2D eigenvalue weighted by Gasteiger charge is -2.24. The molecule has 1 aromatic carbocycles. The number of anilines is 1. The number of nitrogens with zero attached hydrogens (tertiary/aromatic N) is 1. The van der Waals surface area contributed by atoms with E-state index < -0.39 is 0 Å². The van der Waals surface area contributed by atoms with Crippen LogP contribution in [0.5, 0.6) is 0 Å². The third-order valence-electron chi connectivity index (χ3n) is 3.54. The highest BCUT2D eigenvalue weighted by Crippen LogP contribution is 2.33. The molecule has 2 heterocycles. The van der Waals surface area contributed by atoms with E-state index in [0.717, 1.165) is 30.6 Å². The molecule has 1 saturated heterocycles. The van der Waals surface area contributed by atoms with Crippen LogP contribution in [0.4, 0.5) is 5.69 Å². The highest BCUT2D eigenvalue weighted by Gasteiger charge is 2.31. The first-order chi connectivity index (χ1) is 9.25. The van der Waals surface area contributed by atoms with Crippen molar-refractivity contribution in [3.8, 4) is 0 Å². The minimum atomic E-state index is -0.0464. The van der Waals surface area contributed by atoms with E-state index >= 15 is 0 Å². The zero-order valence-corrected chi connectivity index (χ0v) is 10.6. The van der Waals surface area contributed by atoms with Crippen LogP contribution in [0.1, 0.15) is 35.0 Å². The predicted molar refractivity (Wildman–Crippen MR) is 72.6 cm³/mol. The average Bonchev–Trinajstić information content (AvgIpc) is 3.09. The zero-order valence-electron chi connectivity index (χ0n) is 10.6. The van der Waals surface area contributed by atoms with Gasteiger partial charge in [0.15, 0.2) is 5.76 Å². The van der Waals surface area contributed by atoms with Gasteiger partial charge in [-0.1, -0.05) is 12.1 Å². The van der Waals surface area contributed by atoms with Gasteiger partial charge in [-0.3, -0.25) is 4.79 Å². The molecule has 1 unspecified atom stereocenters. The standard InChI is InChI=1S/C15H16N2O2/c16-12-5-1-4-11(10-12)13-6-2-8-17(13)15(18)14-7-3-9-19-14/h1,3-5,7,9-10,13H,2,6,8,16H2. The summed E-state index contributed by atoms with van der Waals surface area (Å²) in [6.45, 7) is 0.763. The second-order valence-corrected chi connectivity index (χ2v) is 4.80. The Bertz CT molecular complexity index is 578. The van der Waals surface area contributed by atoms with Gasteiger partial charge in [0.05, 0.1) is 12.3 Å². The molecule has 19 heavy (non-hydrogen) atoms. The predicted octanol–water partition coefficient (Wildman–Crippen LogP) is 2.84. The lowest BCUT2D eigenvalue weighted by atomic mass is 10.0. The van der Waals surface area contributed by atoms with E-state index in [1.165, 1.54) is 6.26 Å². The quantitative estimate of drug-likeness (QED) is 0.840. The Morgan fingerprint density at radius 1 is 1.32 bits per heavy atom. The molecule has 1 amide bonds. The van der Waals surface area contributed by atoms with Crippen molar-refractivity contribution in [2.45, 2.75) is 18.9 Å². The van der Waals surface area contributed by atoms with Gasteiger partial charge in [-0.25, -0.2) is 0 Å². The molecule has 4 nitrogen and oxygen atoms in total. The maximum absolute atomic E-state index is 12.4. The number of benzene rings is 1. The monoisotopic (exact) mass is 256 g/mol. The van der Waals surface area contributed by atoms with Gasteiger partial charge in [0, 0.05) is 12.2 Å². The van der Waals surface area contributed by atoms with Gasteiger partial charge in [0.2, 0.25) is 0 Å². The summed E-state index contributed by atoms with van der Waals surface area (Å²) in [4.78, 5) is 14.2. The number of nitrogens with two attached hydrogens (primary N) is 1. The maximum atomic E-state index is 12.4. The van der Waals surface area contributed by atoms with Crippen LogP contribution in [0.25, 0.3) is 0 Å². The topological polar surface area (TPSA) is 59.5 Å². The number of carbonyl (C=O) groups excluding carboxylic acids is 1. The molecule has 3 rings (SSSR count). The van der Waals surface area contributed by atoms with Crippen LogP contribution in [0, 0.1) is 0 Å². The Kier molecular flexibility index (Phi) is 2.99. The molecule has 2 aromatic rings. The summed E-state index contributed by atoms with van der Waals surface area (Å²) >= 11 is 0. The van der Waals surface area contributed by atoms with Crippen LogP contribution in [0.2, 0.25) is 0 Å². The zero-order chi connectivity index (χ0) is 13.2. The fourth-order valence-corrected chi connectivity index (χ4v) is 2.66. The third-order valence-corrected chi connectivity index (χ3v) is 3.54. The first-order valence-corrected chi connectivity index (χ1v) is 6.45. The minimum absolute atomic E-state index is 0.0464. The Morgan fingerprint density at radius 2 is 2.21 bits per heavy atom. The largest absolute Gasteiger partial charge is 0.459 e. The fraction of sp³-hybridized carbons (Fsp3) is 0.267. The van der Waals surface area contributed by atoms with Crippen molar-refractivity contribution in [2.75, 3.05) is 12.3 Å². The molecule has 1 aliphatic rings. The molecule has 0 saturated carbocycles. The van der Waals surface area contributed by atoms with Crippen molar-refractivity contribution < 1.29 is 9.21 Å². The van der Waals surface area contributed by atoms with E-state index in [9.17, 15) is 4.79 Å². The summed E-state index contributed by atoms with van der Waals surface area (Å²) in [5, 5.41) is 0. The van der Waals surface area contributed by atoms with Gasteiger partial charge in [-0.05, 0) is 42.7 Å². The maximum Gasteiger partial charge on any atom is 0.290 e. The number of hydrogen-bond donors (Lipinski definition) is 1. The van der Waals surface area contributed by atoms with E-state index in [1.54, 1.807) is 12.1 Å². The van der Waals surface area contributed by atoms with Crippen LogP contribution in [0.3, 0.4) is 0 Å². The molecule has 0 bridgehead atoms. The Hall–Kier alpha value is -2.23. The van der Waals surface area contributed by atoms with Crippen LogP contribution in [-0.2, 0) is 0 Å². The second-order valence-electron chi connectivity index (χ2n) is 4.80. The first-order valence-electron chi connectivity index (χ1n) is 6.45. The molecular weight excluding hydrogens is 240 g/mol. The molecule has 1 aliphatic heterocycles. The van der Waals surface area contributed by atoms with E-state index in [1.807, 2.05) is 29.2 Å². The van der Waals surface area contributed by atoms with Crippen LogP contribution >= 0.6 is 0 Å². The van der Waals surface area contributed by atoms with Crippen LogP contribution in [-0.4, -0.2) is 17.4 Å². The molecule has 1 aromatic heterocycles. The molecule has 0 spiro atoms. The number of nitrogen functional groups attached to an aromatic ring is 1. The van der Waals surface area contributed by atoms with E-state index in [-0.39, 0.29) is 11.9 Å². The fourth-order valence-electron chi connectivity index (χ4n) is 2.66. The molecule has 1 atom stereocenters.